The first-order valence-corrected chi connectivity index (χ1v) is 11.7. The van der Waals surface area contributed by atoms with Crippen LogP contribution in [0.2, 0.25) is 5.02 Å². The number of nitrogens with zero attached hydrogens (tertiary/aromatic N) is 2. The quantitative estimate of drug-likeness (QED) is 0.607. The van der Waals surface area contributed by atoms with E-state index >= 15 is 0 Å². The van der Waals surface area contributed by atoms with Crippen LogP contribution in [0.5, 0.6) is 11.5 Å². The van der Waals surface area contributed by atoms with Crippen molar-refractivity contribution in [2.45, 2.75) is 24.0 Å². The summed E-state index contributed by atoms with van der Waals surface area (Å²) < 4.78 is 19.4. The zero-order valence-electron chi connectivity index (χ0n) is 18.8. The van der Waals surface area contributed by atoms with Gasteiger partial charge in [-0.15, -0.1) is 0 Å². The van der Waals surface area contributed by atoms with E-state index in [1.165, 1.54) is 0 Å². The van der Waals surface area contributed by atoms with Crippen molar-refractivity contribution in [3.63, 3.8) is 0 Å². The minimum absolute atomic E-state index is 0. The number of hydrogen-bond acceptors (Lipinski definition) is 5. The van der Waals surface area contributed by atoms with Gasteiger partial charge in [0, 0.05) is 55.8 Å². The lowest BCUT2D eigenvalue weighted by Crippen LogP contribution is -2.50. The number of aromatic nitrogens is 1. The molecule has 2 fully saturated rings. The number of carbonyl (C=O) groups is 1. The van der Waals surface area contributed by atoms with Gasteiger partial charge in [0.1, 0.15) is 17.1 Å². The maximum atomic E-state index is 13.3. The molecule has 1 aromatic heterocycles. The van der Waals surface area contributed by atoms with Crippen molar-refractivity contribution in [1.29, 1.82) is 0 Å². The van der Waals surface area contributed by atoms with Gasteiger partial charge in [0.2, 0.25) is 0 Å². The summed E-state index contributed by atoms with van der Waals surface area (Å²) in [6.07, 6.45) is 3.38. The third kappa shape index (κ3) is 3.22. The van der Waals surface area contributed by atoms with Crippen LogP contribution in [0.15, 0.2) is 54.7 Å². The molecule has 7 nitrogen and oxygen atoms in total. The van der Waals surface area contributed by atoms with Gasteiger partial charge in [-0.3, -0.25) is 4.79 Å². The maximum absolute atomic E-state index is 13.3. The average molecular weight is 483 g/mol. The minimum Gasteiger partial charge on any atom is -0.496 e. The molecule has 1 amide bonds. The summed E-state index contributed by atoms with van der Waals surface area (Å²) in [6, 6.07) is 15.0. The number of benzene rings is 2. The first-order valence-electron chi connectivity index (χ1n) is 11.4. The Hall–Kier alpha value is -3.00. The molecule has 0 saturated carbocycles. The molecule has 1 N–H and O–H groups in total. The molecule has 6 rings (SSSR count). The van der Waals surface area contributed by atoms with Gasteiger partial charge in [0.25, 0.3) is 5.91 Å². The van der Waals surface area contributed by atoms with Gasteiger partial charge in [-0.1, -0.05) is 17.7 Å². The molecule has 0 atom stereocenters. The van der Waals surface area contributed by atoms with Crippen molar-refractivity contribution in [2.24, 2.45) is 0 Å². The number of halogens is 1. The zero-order valence-corrected chi connectivity index (χ0v) is 19.5. The van der Waals surface area contributed by atoms with E-state index in [1.807, 2.05) is 35.4 Å². The number of fused-ring (bicyclic) bond motifs is 4. The van der Waals surface area contributed by atoms with Gasteiger partial charge in [-0.25, -0.2) is 0 Å². The number of carbonyl (C=O) groups excluding carboxylic acids is 1. The van der Waals surface area contributed by atoms with Crippen LogP contribution in [0, 0.1) is 0 Å². The molecule has 2 aromatic carbocycles. The van der Waals surface area contributed by atoms with Gasteiger partial charge >= 0.3 is 0 Å². The van der Waals surface area contributed by atoms with E-state index < -0.39 is 11.2 Å². The Labute approximate surface area is 203 Å². The van der Waals surface area contributed by atoms with Crippen LogP contribution in [-0.4, -0.2) is 53.9 Å². The Bertz CT molecular complexity index is 1280. The molecule has 178 valence electrons. The van der Waals surface area contributed by atoms with E-state index in [2.05, 4.69) is 10.6 Å². The fourth-order valence-corrected chi connectivity index (χ4v) is 5.43. The highest BCUT2D eigenvalue weighted by atomic mass is 35.5. The number of rotatable bonds is 3. The van der Waals surface area contributed by atoms with Gasteiger partial charge in [0.15, 0.2) is 5.60 Å². The van der Waals surface area contributed by atoms with E-state index in [1.54, 1.807) is 25.3 Å². The summed E-state index contributed by atoms with van der Waals surface area (Å²) in [4.78, 5) is 15.2. The number of ether oxygens (including phenoxy) is 3. The predicted molar refractivity (Wildman–Crippen MR) is 128 cm³/mol. The van der Waals surface area contributed by atoms with Crippen LogP contribution in [0.3, 0.4) is 0 Å². The Morgan fingerprint density at radius 2 is 1.94 bits per heavy atom. The summed E-state index contributed by atoms with van der Waals surface area (Å²) >= 11 is 6.24. The molecule has 1 spiro atoms. The van der Waals surface area contributed by atoms with Gasteiger partial charge < -0.3 is 28.8 Å². The number of aliphatic hydroxyl groups is 1. The topological polar surface area (TPSA) is 73.2 Å². The zero-order chi connectivity index (χ0) is 23.5. The monoisotopic (exact) mass is 482 g/mol. The first-order chi connectivity index (χ1) is 16.4. The summed E-state index contributed by atoms with van der Waals surface area (Å²) in [6.45, 7) is 1.56. The van der Waals surface area contributed by atoms with Crippen LogP contribution < -0.4 is 9.47 Å². The van der Waals surface area contributed by atoms with Gasteiger partial charge in [0.05, 0.1) is 31.7 Å². The highest BCUT2D eigenvalue weighted by Gasteiger charge is 2.45. The fraction of sp³-hybridized carbons (Fsp3) is 0.346. The Kier molecular flexibility index (Phi) is 4.92. The van der Waals surface area contributed by atoms with Crippen LogP contribution in [-0.2, 0) is 15.9 Å². The molecule has 2 saturated heterocycles. The highest BCUT2D eigenvalue weighted by molar-refractivity contribution is 6.30. The standard InChI is InChI=1S/C26H25ClN2O5.H2/c1-32-21-13-17(4-6-19(21)25(31)15-33-16-25)24(30)28-11-8-26(9-12-28)23-3-2-10-29(23)20-7-5-18(27)14-22(20)34-26;/h2-7,10,13-14,31H,8-9,11-12,15-16H2,1H3;1H. The first kappa shape index (κ1) is 21.5. The van der Waals surface area contributed by atoms with Crippen molar-refractivity contribution in [2.75, 3.05) is 33.4 Å². The summed E-state index contributed by atoms with van der Waals surface area (Å²) in [5, 5.41) is 11.3. The van der Waals surface area contributed by atoms with Crippen LogP contribution in [0.1, 0.15) is 35.9 Å². The Morgan fingerprint density at radius 3 is 2.65 bits per heavy atom. The molecule has 4 heterocycles. The van der Waals surface area contributed by atoms with E-state index in [-0.39, 0.29) is 20.5 Å². The van der Waals surface area contributed by atoms with E-state index in [9.17, 15) is 9.90 Å². The third-order valence-electron chi connectivity index (χ3n) is 7.19. The van der Waals surface area contributed by atoms with E-state index in [0.29, 0.717) is 47.8 Å². The highest BCUT2D eigenvalue weighted by Crippen LogP contribution is 2.46. The molecule has 3 aliphatic heterocycles. The molecule has 0 bridgehead atoms. The average Bonchev–Trinajstić information content (AvgIpc) is 3.33. The van der Waals surface area contributed by atoms with E-state index in [4.69, 9.17) is 25.8 Å². The maximum Gasteiger partial charge on any atom is 0.253 e. The van der Waals surface area contributed by atoms with Crippen molar-refractivity contribution in [1.82, 2.24) is 9.47 Å². The second-order valence-corrected chi connectivity index (χ2v) is 9.64. The van der Waals surface area contributed by atoms with Crippen molar-refractivity contribution >= 4 is 17.5 Å². The van der Waals surface area contributed by atoms with E-state index in [0.717, 1.165) is 17.1 Å². The lowest BCUT2D eigenvalue weighted by molar-refractivity contribution is -0.185. The fourth-order valence-electron chi connectivity index (χ4n) is 5.27. The van der Waals surface area contributed by atoms with Crippen molar-refractivity contribution in [3.05, 3.63) is 76.6 Å². The lowest BCUT2D eigenvalue weighted by Gasteiger charge is -2.45. The SMILES string of the molecule is COc1cc(C(=O)N2CCC3(CC2)Oc2cc(Cl)ccc2-n2cccc23)ccc1C1(O)COC1.[HH]. The summed E-state index contributed by atoms with van der Waals surface area (Å²) in [7, 11) is 1.54. The number of amides is 1. The molecule has 8 heteroatoms. The summed E-state index contributed by atoms with van der Waals surface area (Å²) in [5.74, 6) is 1.19. The third-order valence-corrected chi connectivity index (χ3v) is 7.43. The van der Waals surface area contributed by atoms with Crippen molar-refractivity contribution < 1.29 is 25.5 Å². The molecule has 0 radical (unpaired) electrons. The number of likely N-dealkylation sites (tertiary alicyclic amines) is 1. The van der Waals surface area contributed by atoms with Gasteiger partial charge in [-0.05, 0) is 36.4 Å². The molecule has 3 aliphatic rings. The number of methoxy groups -OCH3 is 1. The number of hydrogen-bond donors (Lipinski definition) is 1. The largest absolute Gasteiger partial charge is 0.496 e. The lowest BCUT2D eigenvalue weighted by atomic mass is 9.86. The molecular weight excluding hydrogens is 456 g/mol. The molecule has 0 aliphatic carbocycles. The second kappa shape index (κ2) is 7.77. The number of piperidine rings is 1. The molecular formula is C26H27ClN2O5. The van der Waals surface area contributed by atoms with Crippen LogP contribution in [0.25, 0.3) is 5.69 Å². The minimum atomic E-state index is -1.06. The summed E-state index contributed by atoms with van der Waals surface area (Å²) in [5.41, 5.74) is 1.68. The second-order valence-electron chi connectivity index (χ2n) is 9.20. The van der Waals surface area contributed by atoms with Crippen molar-refractivity contribution in [3.8, 4) is 17.2 Å². The predicted octanol–water partition coefficient (Wildman–Crippen LogP) is 4.13. The van der Waals surface area contributed by atoms with Crippen LogP contribution >= 0.6 is 11.6 Å². The Morgan fingerprint density at radius 1 is 1.15 bits per heavy atom. The normalized spacial score (nSPS) is 19.6. The van der Waals surface area contributed by atoms with Crippen LogP contribution in [0.4, 0.5) is 0 Å². The molecule has 3 aromatic rings. The molecule has 34 heavy (non-hydrogen) atoms. The molecule has 0 unspecified atom stereocenters. The smallest absolute Gasteiger partial charge is 0.253 e. The Balaban J connectivity index is 0.00000253. The van der Waals surface area contributed by atoms with Gasteiger partial charge in [-0.2, -0.15) is 0 Å².